The Morgan fingerprint density at radius 1 is 1.50 bits per heavy atom. The summed E-state index contributed by atoms with van der Waals surface area (Å²) in [7, 11) is 0. The molecule has 1 aromatic rings. The normalized spacial score (nSPS) is 18.9. The van der Waals surface area contributed by atoms with E-state index in [0.717, 1.165) is 25.9 Å². The minimum atomic E-state index is -1.15. The summed E-state index contributed by atoms with van der Waals surface area (Å²) in [6.07, 6.45) is 7.53. The van der Waals surface area contributed by atoms with Gasteiger partial charge in [-0.3, -0.25) is 9.48 Å². The predicted molar refractivity (Wildman–Crippen MR) is 80.6 cm³/mol. The fourth-order valence-electron chi connectivity index (χ4n) is 2.34. The Bertz CT molecular complexity index is 533. The standard InChI is InChI=1S/C15H23N3O4/c1-15(2,14(20)21)18-10-11(9-16-18)17-13(19)7-6-12-5-3-4-8-22-12/h9-10,12H,3-8H2,1-2H3,(H,17,19)(H,20,21). The van der Waals surface area contributed by atoms with Gasteiger partial charge < -0.3 is 15.2 Å². The van der Waals surface area contributed by atoms with E-state index in [-0.39, 0.29) is 12.0 Å². The number of rotatable bonds is 6. The van der Waals surface area contributed by atoms with Gasteiger partial charge in [0.25, 0.3) is 0 Å². The largest absolute Gasteiger partial charge is 0.479 e. The first-order valence-electron chi connectivity index (χ1n) is 7.59. The summed E-state index contributed by atoms with van der Waals surface area (Å²) in [5.41, 5.74) is -0.650. The van der Waals surface area contributed by atoms with Crippen molar-refractivity contribution < 1.29 is 19.4 Å². The summed E-state index contributed by atoms with van der Waals surface area (Å²) in [4.78, 5) is 23.1. The molecule has 22 heavy (non-hydrogen) atoms. The molecule has 2 N–H and O–H groups in total. The molecule has 0 bridgehead atoms. The molecule has 1 fully saturated rings. The lowest BCUT2D eigenvalue weighted by atomic mass is 10.0. The number of aliphatic carboxylic acids is 1. The second kappa shape index (κ2) is 6.91. The van der Waals surface area contributed by atoms with Crippen molar-refractivity contribution >= 4 is 17.6 Å². The van der Waals surface area contributed by atoms with E-state index in [9.17, 15) is 9.59 Å². The summed E-state index contributed by atoms with van der Waals surface area (Å²) in [6, 6.07) is 0. The van der Waals surface area contributed by atoms with Crippen molar-refractivity contribution in [1.82, 2.24) is 9.78 Å². The van der Waals surface area contributed by atoms with E-state index < -0.39 is 11.5 Å². The highest BCUT2D eigenvalue weighted by Crippen LogP contribution is 2.19. The molecule has 0 aliphatic carbocycles. The van der Waals surface area contributed by atoms with Crippen molar-refractivity contribution in [2.45, 2.75) is 57.6 Å². The predicted octanol–water partition coefficient (Wildman–Crippen LogP) is 1.99. The Hall–Kier alpha value is -1.89. The van der Waals surface area contributed by atoms with E-state index in [1.54, 1.807) is 13.8 Å². The minimum Gasteiger partial charge on any atom is -0.479 e. The third-order valence-corrected chi connectivity index (χ3v) is 3.93. The van der Waals surface area contributed by atoms with Crippen molar-refractivity contribution in [3.63, 3.8) is 0 Å². The van der Waals surface area contributed by atoms with Crippen LogP contribution in [0.1, 0.15) is 46.0 Å². The first-order chi connectivity index (χ1) is 10.4. The molecule has 0 aromatic carbocycles. The number of nitrogens with zero attached hydrogens (tertiary/aromatic N) is 2. The van der Waals surface area contributed by atoms with Gasteiger partial charge in [-0.15, -0.1) is 0 Å². The average molecular weight is 309 g/mol. The topological polar surface area (TPSA) is 93.5 Å². The third-order valence-electron chi connectivity index (χ3n) is 3.93. The Labute approximate surface area is 129 Å². The molecule has 0 saturated carbocycles. The highest BCUT2D eigenvalue weighted by Gasteiger charge is 2.30. The highest BCUT2D eigenvalue weighted by atomic mass is 16.5. The number of carboxylic acids is 1. The SMILES string of the molecule is CC(C)(C(=O)O)n1cc(NC(=O)CCC2CCCCO2)cn1. The smallest absolute Gasteiger partial charge is 0.331 e. The lowest BCUT2D eigenvalue weighted by Crippen LogP contribution is -2.35. The van der Waals surface area contributed by atoms with Crippen LogP contribution in [0.3, 0.4) is 0 Å². The molecule has 1 amide bonds. The van der Waals surface area contributed by atoms with Crippen LogP contribution in [0.2, 0.25) is 0 Å². The zero-order valence-electron chi connectivity index (χ0n) is 13.0. The molecular formula is C15H23N3O4. The first kappa shape index (κ1) is 16.5. The number of amides is 1. The van der Waals surface area contributed by atoms with Gasteiger partial charge in [0.2, 0.25) is 5.91 Å². The van der Waals surface area contributed by atoms with Crippen LogP contribution in [0.4, 0.5) is 5.69 Å². The van der Waals surface area contributed by atoms with Crippen LogP contribution < -0.4 is 5.32 Å². The molecular weight excluding hydrogens is 286 g/mol. The van der Waals surface area contributed by atoms with E-state index >= 15 is 0 Å². The van der Waals surface area contributed by atoms with Gasteiger partial charge in [0, 0.05) is 19.2 Å². The number of nitrogens with one attached hydrogen (secondary N) is 1. The van der Waals surface area contributed by atoms with Gasteiger partial charge in [-0.25, -0.2) is 4.79 Å². The van der Waals surface area contributed by atoms with Crippen LogP contribution in [0.5, 0.6) is 0 Å². The van der Waals surface area contributed by atoms with Crippen molar-refractivity contribution in [1.29, 1.82) is 0 Å². The van der Waals surface area contributed by atoms with Gasteiger partial charge >= 0.3 is 5.97 Å². The zero-order chi connectivity index (χ0) is 16.2. The number of carbonyl (C=O) groups excluding carboxylic acids is 1. The van der Waals surface area contributed by atoms with E-state index in [1.165, 1.54) is 17.1 Å². The molecule has 7 nitrogen and oxygen atoms in total. The van der Waals surface area contributed by atoms with Gasteiger partial charge in [-0.2, -0.15) is 5.10 Å². The molecule has 7 heteroatoms. The van der Waals surface area contributed by atoms with E-state index in [0.29, 0.717) is 18.5 Å². The van der Waals surface area contributed by atoms with Crippen LogP contribution in [0, 0.1) is 0 Å². The molecule has 1 atom stereocenters. The maximum Gasteiger partial charge on any atom is 0.331 e. The van der Waals surface area contributed by atoms with Crippen LogP contribution in [-0.2, 0) is 19.9 Å². The summed E-state index contributed by atoms with van der Waals surface area (Å²) in [5, 5.41) is 15.9. The molecule has 0 spiro atoms. The van der Waals surface area contributed by atoms with E-state index in [2.05, 4.69) is 10.4 Å². The molecule has 0 radical (unpaired) electrons. The number of ether oxygens (including phenoxy) is 1. The monoisotopic (exact) mass is 309 g/mol. The molecule has 2 heterocycles. The number of carboxylic acid groups (broad SMARTS) is 1. The maximum atomic E-state index is 11.9. The molecule has 1 aromatic heterocycles. The Kier molecular flexibility index (Phi) is 5.18. The van der Waals surface area contributed by atoms with Crippen LogP contribution in [0.15, 0.2) is 12.4 Å². The third kappa shape index (κ3) is 4.07. The number of carbonyl (C=O) groups is 2. The Morgan fingerprint density at radius 2 is 2.27 bits per heavy atom. The van der Waals surface area contributed by atoms with Crippen molar-refractivity contribution in [2.24, 2.45) is 0 Å². The second-order valence-corrected chi connectivity index (χ2v) is 6.11. The van der Waals surface area contributed by atoms with Crippen molar-refractivity contribution in [3.05, 3.63) is 12.4 Å². The molecule has 1 aliphatic rings. The number of aromatic nitrogens is 2. The lowest BCUT2D eigenvalue weighted by molar-refractivity contribution is -0.146. The number of hydrogen-bond acceptors (Lipinski definition) is 4. The summed E-state index contributed by atoms with van der Waals surface area (Å²) in [5.74, 6) is -1.09. The fourth-order valence-corrected chi connectivity index (χ4v) is 2.34. The average Bonchev–Trinajstić information content (AvgIpc) is 2.95. The van der Waals surface area contributed by atoms with Crippen molar-refractivity contribution in [2.75, 3.05) is 11.9 Å². The lowest BCUT2D eigenvalue weighted by Gasteiger charge is -2.22. The quantitative estimate of drug-likeness (QED) is 0.838. The van der Waals surface area contributed by atoms with Gasteiger partial charge in [-0.1, -0.05) is 0 Å². The molecule has 122 valence electrons. The molecule has 2 rings (SSSR count). The van der Waals surface area contributed by atoms with Crippen LogP contribution in [-0.4, -0.2) is 39.5 Å². The Morgan fingerprint density at radius 3 is 2.91 bits per heavy atom. The highest BCUT2D eigenvalue weighted by molar-refractivity contribution is 5.90. The number of anilines is 1. The number of hydrogen-bond donors (Lipinski definition) is 2. The maximum absolute atomic E-state index is 11.9. The fraction of sp³-hybridized carbons (Fsp3) is 0.667. The van der Waals surface area contributed by atoms with Gasteiger partial charge in [0.05, 0.1) is 18.0 Å². The van der Waals surface area contributed by atoms with E-state index in [1.807, 2.05) is 0 Å². The van der Waals surface area contributed by atoms with Gasteiger partial charge in [0.1, 0.15) is 0 Å². The zero-order valence-corrected chi connectivity index (χ0v) is 13.0. The van der Waals surface area contributed by atoms with E-state index in [4.69, 9.17) is 9.84 Å². The minimum absolute atomic E-state index is 0.109. The van der Waals surface area contributed by atoms with Crippen LogP contribution in [0.25, 0.3) is 0 Å². The Balaban J connectivity index is 1.84. The summed E-state index contributed by atoms with van der Waals surface area (Å²) >= 11 is 0. The summed E-state index contributed by atoms with van der Waals surface area (Å²) < 4.78 is 6.92. The van der Waals surface area contributed by atoms with Crippen molar-refractivity contribution in [3.8, 4) is 0 Å². The second-order valence-electron chi connectivity index (χ2n) is 6.11. The molecule has 1 aliphatic heterocycles. The first-order valence-corrected chi connectivity index (χ1v) is 7.59. The molecule has 1 unspecified atom stereocenters. The molecule has 1 saturated heterocycles. The summed E-state index contributed by atoms with van der Waals surface area (Å²) in [6.45, 7) is 3.88. The van der Waals surface area contributed by atoms with Gasteiger partial charge in [0.15, 0.2) is 5.54 Å². The van der Waals surface area contributed by atoms with Gasteiger partial charge in [-0.05, 0) is 39.5 Å². The van der Waals surface area contributed by atoms with Crippen LogP contribution >= 0.6 is 0 Å².